The van der Waals surface area contributed by atoms with Crippen LogP contribution in [0.15, 0.2) is 24.3 Å². The average molecular weight is 430 g/mol. The van der Waals surface area contributed by atoms with E-state index in [9.17, 15) is 13.2 Å². The van der Waals surface area contributed by atoms with Crippen LogP contribution in [-0.2, 0) is 21.2 Å². The van der Waals surface area contributed by atoms with Crippen LogP contribution in [0.2, 0.25) is 0 Å². The zero-order chi connectivity index (χ0) is 21.5. The summed E-state index contributed by atoms with van der Waals surface area (Å²) in [6.07, 6.45) is 2.83. The number of hydrogen-bond acceptors (Lipinski definition) is 5. The molecule has 1 fully saturated rings. The van der Waals surface area contributed by atoms with Crippen LogP contribution in [-0.4, -0.2) is 70.6 Å². The Kier molecular flexibility index (Phi) is 5.50. The molecule has 0 saturated carbocycles. The smallest absolute Gasteiger partial charge is 0.222 e. The highest BCUT2D eigenvalue weighted by atomic mass is 32.2. The minimum absolute atomic E-state index is 0.0508. The van der Waals surface area contributed by atoms with Crippen LogP contribution in [0.25, 0.3) is 16.6 Å². The maximum atomic E-state index is 12.8. The molecule has 8 nitrogen and oxygen atoms in total. The molecule has 1 aliphatic rings. The Morgan fingerprint density at radius 1 is 1.10 bits per heavy atom. The van der Waals surface area contributed by atoms with Crippen LogP contribution in [0, 0.1) is 13.8 Å². The number of rotatable bonds is 4. The molecule has 1 saturated heterocycles. The lowest BCUT2D eigenvalue weighted by Crippen LogP contribution is -2.37. The van der Waals surface area contributed by atoms with Gasteiger partial charge in [0.2, 0.25) is 15.9 Å². The third kappa shape index (κ3) is 3.91. The Bertz CT molecular complexity index is 1220. The highest BCUT2D eigenvalue weighted by molar-refractivity contribution is 7.88. The zero-order valence-corrected chi connectivity index (χ0v) is 18.4. The van der Waals surface area contributed by atoms with Gasteiger partial charge in [-0.1, -0.05) is 12.1 Å². The molecule has 0 atom stereocenters. The molecule has 3 heterocycles. The summed E-state index contributed by atoms with van der Waals surface area (Å²) in [7, 11) is -3.22. The first-order valence-corrected chi connectivity index (χ1v) is 12.1. The molecule has 1 aromatic carbocycles. The van der Waals surface area contributed by atoms with Crippen LogP contribution >= 0.6 is 0 Å². The van der Waals surface area contributed by atoms with E-state index in [-0.39, 0.29) is 5.91 Å². The molecule has 30 heavy (non-hydrogen) atoms. The van der Waals surface area contributed by atoms with Crippen LogP contribution in [0.1, 0.15) is 29.8 Å². The van der Waals surface area contributed by atoms with E-state index >= 15 is 0 Å². The minimum Gasteiger partial charge on any atom is -0.341 e. The summed E-state index contributed by atoms with van der Waals surface area (Å²) in [6.45, 7) is 5.84. The Morgan fingerprint density at radius 2 is 1.87 bits per heavy atom. The number of nitrogens with zero attached hydrogens (tertiary/aromatic N) is 5. The standard InChI is InChI=1S/C21H27N5O3S/c1-15-17(16(2)26-21(22-15)18-7-4-5-8-19(18)23-26)9-10-20(27)24-11-6-12-25(14-13-24)30(3,28)29/h4-5,7-8H,6,9-14H2,1-3H3. The zero-order valence-electron chi connectivity index (χ0n) is 17.6. The molecule has 1 amide bonds. The van der Waals surface area contributed by atoms with Crippen molar-refractivity contribution in [3.8, 4) is 0 Å². The van der Waals surface area contributed by atoms with Crippen molar-refractivity contribution in [3.63, 3.8) is 0 Å². The number of aromatic nitrogens is 3. The lowest BCUT2D eigenvalue weighted by atomic mass is 10.1. The van der Waals surface area contributed by atoms with Crippen molar-refractivity contribution in [3.05, 3.63) is 41.2 Å². The average Bonchev–Trinajstić information content (AvgIpc) is 2.88. The molecule has 3 aromatic rings. The van der Waals surface area contributed by atoms with Gasteiger partial charge in [0.25, 0.3) is 0 Å². The number of carbonyl (C=O) groups is 1. The van der Waals surface area contributed by atoms with E-state index in [0.29, 0.717) is 45.4 Å². The fourth-order valence-corrected chi connectivity index (χ4v) is 5.08. The van der Waals surface area contributed by atoms with Gasteiger partial charge in [0.15, 0.2) is 5.65 Å². The van der Waals surface area contributed by atoms with Crippen LogP contribution in [0.5, 0.6) is 0 Å². The van der Waals surface area contributed by atoms with Crippen LogP contribution in [0.4, 0.5) is 0 Å². The summed E-state index contributed by atoms with van der Waals surface area (Å²) in [5, 5.41) is 5.69. The second kappa shape index (κ2) is 7.96. The predicted octanol–water partition coefficient (Wildman–Crippen LogP) is 1.93. The molecule has 0 aliphatic carbocycles. The molecule has 1 aliphatic heterocycles. The van der Waals surface area contributed by atoms with Gasteiger partial charge in [-0.3, -0.25) is 4.79 Å². The summed E-state index contributed by atoms with van der Waals surface area (Å²) in [4.78, 5) is 19.4. The Balaban J connectivity index is 1.51. The summed E-state index contributed by atoms with van der Waals surface area (Å²) in [6, 6.07) is 7.94. The molecular weight excluding hydrogens is 402 g/mol. The van der Waals surface area contributed by atoms with E-state index in [4.69, 9.17) is 4.98 Å². The first-order chi connectivity index (χ1) is 14.3. The van der Waals surface area contributed by atoms with E-state index in [0.717, 1.165) is 33.5 Å². The van der Waals surface area contributed by atoms with E-state index in [1.54, 1.807) is 4.90 Å². The molecule has 0 unspecified atom stereocenters. The topological polar surface area (TPSA) is 87.9 Å². The first-order valence-electron chi connectivity index (χ1n) is 10.2. The van der Waals surface area contributed by atoms with Crippen molar-refractivity contribution in [1.29, 1.82) is 0 Å². The van der Waals surface area contributed by atoms with Gasteiger partial charge in [0.05, 0.1) is 11.8 Å². The van der Waals surface area contributed by atoms with Gasteiger partial charge >= 0.3 is 0 Å². The summed E-state index contributed by atoms with van der Waals surface area (Å²) >= 11 is 0. The molecule has 9 heteroatoms. The molecule has 0 radical (unpaired) electrons. The van der Waals surface area contributed by atoms with Gasteiger partial charge in [0.1, 0.15) is 0 Å². The molecule has 2 aromatic heterocycles. The van der Waals surface area contributed by atoms with E-state index < -0.39 is 10.0 Å². The number of sulfonamides is 1. The highest BCUT2D eigenvalue weighted by Crippen LogP contribution is 2.23. The maximum absolute atomic E-state index is 12.8. The number of aryl methyl sites for hydroxylation is 2. The van der Waals surface area contributed by atoms with Crippen molar-refractivity contribution >= 4 is 32.5 Å². The SMILES string of the molecule is Cc1nc2c3ccccc3nn2c(C)c1CCC(=O)N1CCCN(S(C)(=O)=O)CC1. The number of benzene rings is 1. The summed E-state index contributed by atoms with van der Waals surface area (Å²) in [5.41, 5.74) is 4.69. The van der Waals surface area contributed by atoms with Gasteiger partial charge < -0.3 is 4.90 Å². The molecule has 160 valence electrons. The Hall–Kier alpha value is -2.52. The van der Waals surface area contributed by atoms with Gasteiger partial charge in [-0.2, -0.15) is 5.10 Å². The fourth-order valence-electron chi connectivity index (χ4n) is 4.20. The van der Waals surface area contributed by atoms with Crippen LogP contribution < -0.4 is 0 Å². The summed E-state index contributed by atoms with van der Waals surface area (Å²) in [5.74, 6) is 0.0508. The third-order valence-corrected chi connectivity index (χ3v) is 7.19. The third-order valence-electron chi connectivity index (χ3n) is 5.88. The molecule has 0 spiro atoms. The molecule has 0 bridgehead atoms. The van der Waals surface area contributed by atoms with E-state index in [2.05, 4.69) is 5.10 Å². The van der Waals surface area contributed by atoms with E-state index in [1.807, 2.05) is 42.6 Å². The van der Waals surface area contributed by atoms with Crippen molar-refractivity contribution in [2.75, 3.05) is 32.4 Å². The van der Waals surface area contributed by atoms with Crippen LogP contribution in [0.3, 0.4) is 0 Å². The maximum Gasteiger partial charge on any atom is 0.222 e. The quantitative estimate of drug-likeness (QED) is 0.632. The lowest BCUT2D eigenvalue weighted by Gasteiger charge is -2.21. The number of hydrogen-bond donors (Lipinski definition) is 0. The lowest BCUT2D eigenvalue weighted by molar-refractivity contribution is -0.131. The van der Waals surface area contributed by atoms with E-state index in [1.165, 1.54) is 10.6 Å². The fraction of sp³-hybridized carbons (Fsp3) is 0.476. The second-order valence-electron chi connectivity index (χ2n) is 7.91. The van der Waals surface area contributed by atoms with Crippen molar-refractivity contribution < 1.29 is 13.2 Å². The highest BCUT2D eigenvalue weighted by Gasteiger charge is 2.24. The van der Waals surface area contributed by atoms with Gasteiger partial charge in [-0.25, -0.2) is 22.2 Å². The Morgan fingerprint density at radius 3 is 2.63 bits per heavy atom. The largest absolute Gasteiger partial charge is 0.341 e. The van der Waals surface area contributed by atoms with Gasteiger partial charge in [-0.05, 0) is 44.4 Å². The normalized spacial score (nSPS) is 16.3. The predicted molar refractivity (Wildman–Crippen MR) is 116 cm³/mol. The monoisotopic (exact) mass is 429 g/mol. The minimum atomic E-state index is -3.22. The van der Waals surface area contributed by atoms with Crippen molar-refractivity contribution in [1.82, 2.24) is 23.8 Å². The molecule has 4 rings (SSSR count). The van der Waals surface area contributed by atoms with Crippen molar-refractivity contribution in [2.45, 2.75) is 33.1 Å². The number of carbonyl (C=O) groups excluding carboxylic acids is 1. The van der Waals surface area contributed by atoms with Gasteiger partial charge in [0, 0.05) is 49.4 Å². The number of fused-ring (bicyclic) bond motifs is 3. The summed E-state index contributed by atoms with van der Waals surface area (Å²) < 4.78 is 26.9. The molecular formula is C21H27N5O3S. The Labute approximate surface area is 176 Å². The van der Waals surface area contributed by atoms with Gasteiger partial charge in [-0.15, -0.1) is 0 Å². The first kappa shape index (κ1) is 20.7. The molecule has 0 N–H and O–H groups in total. The second-order valence-corrected chi connectivity index (χ2v) is 9.89. The number of amides is 1. The van der Waals surface area contributed by atoms with Crippen molar-refractivity contribution in [2.24, 2.45) is 0 Å².